The third-order valence-electron chi connectivity index (χ3n) is 2.63. The lowest BCUT2D eigenvalue weighted by Gasteiger charge is -2.18. The van der Waals surface area contributed by atoms with Gasteiger partial charge in [-0.2, -0.15) is 13.2 Å². The maximum atomic E-state index is 12.9. The molecule has 0 bridgehead atoms. The van der Waals surface area contributed by atoms with E-state index in [0.29, 0.717) is 18.5 Å². The van der Waals surface area contributed by atoms with Gasteiger partial charge < -0.3 is 5.32 Å². The molecule has 0 aromatic heterocycles. The standard InChI is InChI=1S/C14H15BrF3N/c1-3-5-6-13(19-4-2)10-7-8-12(15)11(9-10)14(16,17)18/h7-9,13,19H,4,6H2,1-2H3. The van der Waals surface area contributed by atoms with Crippen molar-refractivity contribution in [2.45, 2.75) is 32.5 Å². The summed E-state index contributed by atoms with van der Waals surface area (Å²) in [5.41, 5.74) is -0.0579. The molecule has 1 atom stereocenters. The Hall–Kier alpha value is -0.990. The minimum atomic E-state index is -4.36. The number of benzene rings is 1. The first-order valence-corrected chi connectivity index (χ1v) is 6.69. The fraction of sp³-hybridized carbons (Fsp3) is 0.429. The number of hydrogen-bond donors (Lipinski definition) is 1. The molecule has 1 rings (SSSR count). The molecule has 1 N–H and O–H groups in total. The van der Waals surface area contributed by atoms with Crippen molar-refractivity contribution in [1.82, 2.24) is 5.32 Å². The van der Waals surface area contributed by atoms with Gasteiger partial charge in [0.2, 0.25) is 0 Å². The molecule has 0 heterocycles. The van der Waals surface area contributed by atoms with E-state index in [2.05, 4.69) is 33.1 Å². The summed E-state index contributed by atoms with van der Waals surface area (Å²) in [4.78, 5) is 0. The molecule has 0 aliphatic rings. The van der Waals surface area contributed by atoms with Gasteiger partial charge in [0.05, 0.1) is 5.56 Å². The fourth-order valence-electron chi connectivity index (χ4n) is 1.74. The Morgan fingerprint density at radius 1 is 1.37 bits per heavy atom. The quantitative estimate of drug-likeness (QED) is 0.798. The zero-order valence-corrected chi connectivity index (χ0v) is 12.3. The van der Waals surface area contributed by atoms with Gasteiger partial charge in [-0.25, -0.2) is 0 Å². The van der Waals surface area contributed by atoms with Crippen LogP contribution in [-0.4, -0.2) is 6.54 Å². The largest absolute Gasteiger partial charge is 0.417 e. The van der Waals surface area contributed by atoms with Crippen LogP contribution >= 0.6 is 15.9 Å². The van der Waals surface area contributed by atoms with E-state index in [1.165, 1.54) is 12.1 Å². The van der Waals surface area contributed by atoms with Crippen molar-refractivity contribution < 1.29 is 13.2 Å². The van der Waals surface area contributed by atoms with Crippen molar-refractivity contribution in [3.8, 4) is 11.8 Å². The summed E-state index contributed by atoms with van der Waals surface area (Å²) < 4.78 is 38.6. The third-order valence-corrected chi connectivity index (χ3v) is 3.32. The van der Waals surface area contributed by atoms with Gasteiger partial charge in [0.25, 0.3) is 0 Å². The van der Waals surface area contributed by atoms with Crippen molar-refractivity contribution in [2.24, 2.45) is 0 Å². The molecular formula is C14H15BrF3N. The number of rotatable bonds is 4. The molecule has 104 valence electrons. The molecule has 0 fully saturated rings. The van der Waals surface area contributed by atoms with Crippen LogP contribution in [0.15, 0.2) is 22.7 Å². The first kappa shape index (κ1) is 16.1. The van der Waals surface area contributed by atoms with Crippen molar-refractivity contribution in [3.05, 3.63) is 33.8 Å². The molecule has 0 amide bonds. The SMILES string of the molecule is CC#CCC(NCC)c1ccc(Br)c(C(F)(F)F)c1. The molecule has 19 heavy (non-hydrogen) atoms. The van der Waals surface area contributed by atoms with Crippen LogP contribution in [0.25, 0.3) is 0 Å². The lowest BCUT2D eigenvalue weighted by Crippen LogP contribution is -2.21. The third kappa shape index (κ3) is 4.55. The van der Waals surface area contributed by atoms with E-state index in [0.717, 1.165) is 0 Å². The zero-order valence-electron chi connectivity index (χ0n) is 10.7. The molecule has 0 spiro atoms. The lowest BCUT2D eigenvalue weighted by atomic mass is 10.0. The number of nitrogens with one attached hydrogen (secondary N) is 1. The molecule has 0 radical (unpaired) electrons. The molecule has 1 nitrogen and oxygen atoms in total. The lowest BCUT2D eigenvalue weighted by molar-refractivity contribution is -0.138. The van der Waals surface area contributed by atoms with E-state index >= 15 is 0 Å². The van der Waals surface area contributed by atoms with Gasteiger partial charge in [-0.1, -0.05) is 28.9 Å². The van der Waals surface area contributed by atoms with Gasteiger partial charge in [0, 0.05) is 16.9 Å². The van der Waals surface area contributed by atoms with Crippen LogP contribution in [0.5, 0.6) is 0 Å². The summed E-state index contributed by atoms with van der Waals surface area (Å²) in [6.45, 7) is 4.30. The van der Waals surface area contributed by atoms with E-state index in [1.54, 1.807) is 13.0 Å². The first-order chi connectivity index (χ1) is 8.90. The topological polar surface area (TPSA) is 12.0 Å². The Labute approximate surface area is 119 Å². The van der Waals surface area contributed by atoms with Crippen molar-refractivity contribution >= 4 is 15.9 Å². The van der Waals surface area contributed by atoms with Crippen LogP contribution in [0, 0.1) is 11.8 Å². The summed E-state index contributed by atoms with van der Waals surface area (Å²) in [6.07, 6.45) is -3.87. The average Bonchev–Trinajstić information content (AvgIpc) is 2.34. The molecule has 0 aliphatic carbocycles. The Morgan fingerprint density at radius 3 is 2.58 bits per heavy atom. The van der Waals surface area contributed by atoms with Crippen molar-refractivity contribution in [3.63, 3.8) is 0 Å². The Balaban J connectivity index is 3.12. The number of hydrogen-bond acceptors (Lipinski definition) is 1. The number of alkyl halides is 3. The predicted molar refractivity (Wildman–Crippen MR) is 73.6 cm³/mol. The van der Waals surface area contributed by atoms with Crippen LogP contribution in [-0.2, 0) is 6.18 Å². The fourth-order valence-corrected chi connectivity index (χ4v) is 2.21. The molecular weight excluding hydrogens is 319 g/mol. The predicted octanol–water partition coefficient (Wildman–Crippen LogP) is 4.53. The maximum absolute atomic E-state index is 12.9. The smallest absolute Gasteiger partial charge is 0.309 e. The summed E-state index contributed by atoms with van der Waals surface area (Å²) in [5.74, 6) is 5.66. The van der Waals surface area contributed by atoms with E-state index < -0.39 is 11.7 Å². The minimum Gasteiger partial charge on any atom is -0.309 e. The van der Waals surface area contributed by atoms with E-state index in [4.69, 9.17) is 0 Å². The maximum Gasteiger partial charge on any atom is 0.417 e. The Kier molecular flexibility index (Phi) is 5.89. The average molecular weight is 334 g/mol. The first-order valence-electron chi connectivity index (χ1n) is 5.89. The van der Waals surface area contributed by atoms with Crippen LogP contribution < -0.4 is 5.32 Å². The van der Waals surface area contributed by atoms with Gasteiger partial charge in [0.1, 0.15) is 0 Å². The molecule has 5 heteroatoms. The monoisotopic (exact) mass is 333 g/mol. The van der Waals surface area contributed by atoms with Crippen molar-refractivity contribution in [2.75, 3.05) is 6.54 Å². The van der Waals surface area contributed by atoms with Crippen molar-refractivity contribution in [1.29, 1.82) is 0 Å². The summed E-state index contributed by atoms with van der Waals surface area (Å²) in [5, 5.41) is 3.15. The van der Waals surface area contributed by atoms with Gasteiger partial charge in [-0.05, 0) is 31.2 Å². The van der Waals surface area contributed by atoms with Crippen LogP contribution in [0.3, 0.4) is 0 Å². The zero-order chi connectivity index (χ0) is 14.5. The second-order valence-corrected chi connectivity index (χ2v) is 4.83. The van der Waals surface area contributed by atoms with Gasteiger partial charge in [-0.15, -0.1) is 11.8 Å². The second-order valence-electron chi connectivity index (χ2n) is 3.98. The summed E-state index contributed by atoms with van der Waals surface area (Å²) in [7, 11) is 0. The second kappa shape index (κ2) is 6.97. The summed E-state index contributed by atoms with van der Waals surface area (Å²) >= 11 is 2.94. The Bertz CT molecular complexity index is 486. The molecule has 0 saturated heterocycles. The molecule has 1 aromatic carbocycles. The van der Waals surface area contributed by atoms with Gasteiger partial charge in [0.15, 0.2) is 0 Å². The highest BCUT2D eigenvalue weighted by molar-refractivity contribution is 9.10. The highest BCUT2D eigenvalue weighted by atomic mass is 79.9. The van der Waals surface area contributed by atoms with E-state index in [1.807, 2.05) is 6.92 Å². The van der Waals surface area contributed by atoms with Crippen LogP contribution in [0.1, 0.15) is 37.4 Å². The van der Waals surface area contributed by atoms with Crippen LogP contribution in [0.4, 0.5) is 13.2 Å². The summed E-state index contributed by atoms with van der Waals surface area (Å²) in [6, 6.07) is 4.10. The highest BCUT2D eigenvalue weighted by Gasteiger charge is 2.33. The van der Waals surface area contributed by atoms with Gasteiger partial charge in [-0.3, -0.25) is 0 Å². The minimum absolute atomic E-state index is 0.0561. The molecule has 1 aromatic rings. The Morgan fingerprint density at radius 2 is 2.05 bits per heavy atom. The van der Waals surface area contributed by atoms with E-state index in [-0.39, 0.29) is 10.5 Å². The van der Waals surface area contributed by atoms with Gasteiger partial charge >= 0.3 is 6.18 Å². The normalized spacial score (nSPS) is 12.7. The highest BCUT2D eigenvalue weighted by Crippen LogP contribution is 2.36. The molecule has 0 aliphatic heterocycles. The molecule has 1 unspecified atom stereocenters. The molecule has 0 saturated carbocycles. The van der Waals surface area contributed by atoms with E-state index in [9.17, 15) is 13.2 Å². The number of halogens is 4. The van der Waals surface area contributed by atoms with Crippen LogP contribution in [0.2, 0.25) is 0 Å².